The third kappa shape index (κ3) is 7.97. The van der Waals surface area contributed by atoms with Gasteiger partial charge in [-0.1, -0.05) is 170 Å². The number of ketones is 2. The van der Waals surface area contributed by atoms with Gasteiger partial charge in [0.2, 0.25) is 11.6 Å². The first-order valence-electron chi connectivity index (χ1n) is 21.5. The molecule has 300 valence electrons. The molecule has 2 N–H and O–H groups in total. The average molecular weight is 797 g/mol. The molecule has 61 heavy (non-hydrogen) atoms. The fraction of sp³-hybridized carbons (Fsp3) is 0.164. The maximum atomic E-state index is 15.1. The van der Waals surface area contributed by atoms with Crippen LogP contribution in [0.5, 0.6) is 0 Å². The largest absolute Gasteiger partial charge is 0.380 e. The summed E-state index contributed by atoms with van der Waals surface area (Å²) in [5, 5.41) is 16.6. The van der Waals surface area contributed by atoms with Gasteiger partial charge in [-0.15, -0.1) is 0 Å². The molecular formula is C55H48N4O2. The quantitative estimate of drug-likeness (QED) is 0.107. The summed E-state index contributed by atoms with van der Waals surface area (Å²) in [5.41, 5.74) is 6.45. The van der Waals surface area contributed by atoms with Crippen LogP contribution in [0.25, 0.3) is 43.1 Å². The Morgan fingerprint density at radius 1 is 0.361 bits per heavy atom. The van der Waals surface area contributed by atoms with E-state index in [0.717, 1.165) is 12.8 Å². The first-order chi connectivity index (χ1) is 30.0. The number of fused-ring (bicyclic) bond motifs is 4. The average Bonchev–Trinajstić information content (AvgIpc) is 3.68. The van der Waals surface area contributed by atoms with Gasteiger partial charge in [0.15, 0.2) is 0 Å². The molecule has 8 aromatic carbocycles. The third-order valence-corrected chi connectivity index (χ3v) is 12.4. The van der Waals surface area contributed by atoms with Crippen LogP contribution < -0.4 is 10.6 Å². The second-order valence-corrected chi connectivity index (χ2v) is 16.4. The number of hydrogen-bond donors (Lipinski definition) is 2. The van der Waals surface area contributed by atoms with Crippen molar-refractivity contribution in [2.75, 3.05) is 32.8 Å². The van der Waals surface area contributed by atoms with Crippen molar-refractivity contribution in [3.05, 3.63) is 215 Å². The minimum Gasteiger partial charge on any atom is -0.380 e. The van der Waals surface area contributed by atoms with Crippen LogP contribution in [0.2, 0.25) is 0 Å². The van der Waals surface area contributed by atoms with Crippen molar-refractivity contribution in [1.82, 2.24) is 20.4 Å². The van der Waals surface area contributed by atoms with Crippen LogP contribution in [0, 0.1) is 0 Å². The summed E-state index contributed by atoms with van der Waals surface area (Å²) >= 11 is 0. The van der Waals surface area contributed by atoms with E-state index in [1.165, 1.54) is 65.3 Å². The third-order valence-electron chi connectivity index (χ3n) is 12.4. The lowest BCUT2D eigenvalue weighted by Gasteiger charge is -2.26. The highest BCUT2D eigenvalue weighted by atomic mass is 16.1. The number of Topliss-reactive ketones (excluding diaryl/α,β-unsaturated/α-hetero) is 2. The lowest BCUT2D eigenvalue weighted by molar-refractivity contribution is -0.118. The Kier molecular flexibility index (Phi) is 10.5. The van der Waals surface area contributed by atoms with Crippen molar-refractivity contribution in [2.45, 2.75) is 25.7 Å². The predicted octanol–water partition coefficient (Wildman–Crippen LogP) is 9.90. The van der Waals surface area contributed by atoms with Gasteiger partial charge >= 0.3 is 0 Å². The Balaban J connectivity index is 0.949. The fourth-order valence-corrected chi connectivity index (χ4v) is 9.08. The Labute approximate surface area is 356 Å². The minimum atomic E-state index is -0.131. The van der Waals surface area contributed by atoms with E-state index >= 15 is 9.59 Å². The highest BCUT2D eigenvalue weighted by Crippen LogP contribution is 2.34. The number of nitrogens with one attached hydrogen (secondary N) is 2. The van der Waals surface area contributed by atoms with Gasteiger partial charge in [0.25, 0.3) is 0 Å². The molecule has 0 amide bonds. The molecule has 0 saturated heterocycles. The summed E-state index contributed by atoms with van der Waals surface area (Å²) in [6, 6.07) is 59.7. The van der Waals surface area contributed by atoms with Gasteiger partial charge in [-0.3, -0.25) is 9.59 Å². The van der Waals surface area contributed by atoms with Crippen molar-refractivity contribution in [1.29, 1.82) is 0 Å². The molecule has 1 aliphatic carbocycles. The standard InChI is InChI=1S/C55H48N4O2/c60-54-50(56-29-25-38-17-21-42-9-1-5-13-46(42)33-38)51(57-30-26-39-18-22-43-10-2-6-14-47(43)34-39)55(61)53-52(54)58(31-27-40-19-23-44-11-3-7-15-48(44)35-40)37-59(53)32-28-41-20-24-45-12-4-8-16-49(45)36-41/h1-24,33-36,56-57H,25-32,37H2. The number of rotatable bonds is 14. The molecule has 1 aliphatic heterocycles. The molecule has 0 bridgehead atoms. The maximum absolute atomic E-state index is 15.1. The van der Waals surface area contributed by atoms with Crippen molar-refractivity contribution in [2.24, 2.45) is 0 Å². The summed E-state index contributed by atoms with van der Waals surface area (Å²) in [7, 11) is 0. The van der Waals surface area contributed by atoms with Crippen LogP contribution in [0.15, 0.2) is 193 Å². The maximum Gasteiger partial charge on any atom is 0.229 e. The summed E-state index contributed by atoms with van der Waals surface area (Å²) in [6.45, 7) is 2.70. The topological polar surface area (TPSA) is 64.7 Å². The van der Waals surface area contributed by atoms with E-state index in [4.69, 9.17) is 0 Å². The first-order valence-corrected chi connectivity index (χ1v) is 21.5. The zero-order valence-corrected chi connectivity index (χ0v) is 34.2. The lowest BCUT2D eigenvalue weighted by Crippen LogP contribution is -2.41. The van der Waals surface area contributed by atoms with Crippen LogP contribution in [0.3, 0.4) is 0 Å². The Morgan fingerprint density at radius 2 is 0.656 bits per heavy atom. The van der Waals surface area contributed by atoms with Gasteiger partial charge in [-0.2, -0.15) is 0 Å². The molecular weight excluding hydrogens is 749 g/mol. The molecule has 0 atom stereocenters. The van der Waals surface area contributed by atoms with Gasteiger partial charge in [0, 0.05) is 26.2 Å². The summed E-state index contributed by atoms with van der Waals surface area (Å²) in [6.07, 6.45) is 2.89. The van der Waals surface area contributed by atoms with Crippen molar-refractivity contribution in [3.63, 3.8) is 0 Å². The van der Waals surface area contributed by atoms with E-state index in [1.54, 1.807) is 0 Å². The van der Waals surface area contributed by atoms with Crippen LogP contribution in [-0.2, 0) is 35.3 Å². The summed E-state index contributed by atoms with van der Waals surface area (Å²) in [5.74, 6) is -0.263. The van der Waals surface area contributed by atoms with Crippen LogP contribution in [0.4, 0.5) is 0 Å². The zero-order chi connectivity index (χ0) is 41.1. The predicted molar refractivity (Wildman–Crippen MR) is 249 cm³/mol. The monoisotopic (exact) mass is 796 g/mol. The van der Waals surface area contributed by atoms with Crippen LogP contribution in [-0.4, -0.2) is 54.2 Å². The Morgan fingerprint density at radius 3 is 0.984 bits per heavy atom. The molecule has 0 spiro atoms. The smallest absolute Gasteiger partial charge is 0.229 e. The van der Waals surface area contributed by atoms with Gasteiger partial charge in [-0.25, -0.2) is 0 Å². The van der Waals surface area contributed by atoms with Gasteiger partial charge in [0.05, 0.1) is 6.67 Å². The molecule has 0 aromatic heterocycles. The fourth-order valence-electron chi connectivity index (χ4n) is 9.08. The van der Waals surface area contributed by atoms with Crippen LogP contribution >= 0.6 is 0 Å². The van der Waals surface area contributed by atoms with E-state index in [0.29, 0.717) is 68.5 Å². The number of carbonyl (C=O) groups excluding carboxylic acids is 2. The highest BCUT2D eigenvalue weighted by molar-refractivity contribution is 6.24. The van der Waals surface area contributed by atoms with E-state index in [9.17, 15) is 0 Å². The minimum absolute atomic E-state index is 0.131. The van der Waals surface area contributed by atoms with Crippen molar-refractivity contribution < 1.29 is 9.59 Å². The second-order valence-electron chi connectivity index (χ2n) is 16.4. The molecule has 0 unspecified atom stereocenters. The molecule has 1 heterocycles. The molecule has 0 radical (unpaired) electrons. The number of nitrogens with zero attached hydrogens (tertiary/aromatic N) is 2. The molecule has 6 nitrogen and oxygen atoms in total. The second kappa shape index (κ2) is 16.8. The number of benzene rings is 8. The number of carbonyl (C=O) groups is 2. The van der Waals surface area contributed by atoms with E-state index in [1.807, 2.05) is 0 Å². The van der Waals surface area contributed by atoms with Crippen LogP contribution in [0.1, 0.15) is 22.3 Å². The van der Waals surface area contributed by atoms with Gasteiger partial charge in [0.1, 0.15) is 22.8 Å². The van der Waals surface area contributed by atoms with E-state index in [-0.39, 0.29) is 11.6 Å². The molecule has 0 saturated carbocycles. The van der Waals surface area contributed by atoms with Gasteiger partial charge < -0.3 is 20.4 Å². The first kappa shape index (κ1) is 38.0. The summed E-state index contributed by atoms with van der Waals surface area (Å²) < 4.78 is 0. The Bertz CT molecular complexity index is 2830. The molecule has 10 rings (SSSR count). The highest BCUT2D eigenvalue weighted by Gasteiger charge is 2.44. The molecule has 6 heteroatoms. The zero-order valence-electron chi connectivity index (χ0n) is 34.2. The normalized spacial score (nSPS) is 14.2. The Hall–Kier alpha value is -7.18. The lowest BCUT2D eigenvalue weighted by atomic mass is 9.97. The molecule has 0 fully saturated rings. The molecule has 8 aromatic rings. The van der Waals surface area contributed by atoms with E-state index < -0.39 is 0 Å². The SMILES string of the molecule is O=C1C(NCCc2ccc3ccccc3c2)=C(NCCc2ccc3ccccc3c2)C(=O)C2=C1N(CCc1ccc3ccccc3c1)CN2CCc1ccc2ccccc2c1. The van der Waals surface area contributed by atoms with Gasteiger partial charge in [-0.05, 0) is 91.0 Å². The number of hydrogen-bond acceptors (Lipinski definition) is 6. The molecule has 2 aliphatic rings. The van der Waals surface area contributed by atoms with Crippen molar-refractivity contribution in [3.8, 4) is 0 Å². The van der Waals surface area contributed by atoms with Crippen molar-refractivity contribution >= 4 is 54.7 Å². The van der Waals surface area contributed by atoms with E-state index in [2.05, 4.69) is 190 Å². The summed E-state index contributed by atoms with van der Waals surface area (Å²) in [4.78, 5) is 34.4.